The molecule has 1 rings (SSSR count). The van der Waals surface area contributed by atoms with Crippen molar-refractivity contribution >= 4 is 23.5 Å². The van der Waals surface area contributed by atoms with Crippen molar-refractivity contribution in [2.75, 3.05) is 13.7 Å². The first-order valence-corrected chi connectivity index (χ1v) is 7.65. The van der Waals surface area contributed by atoms with Gasteiger partial charge in [0.25, 0.3) is 5.91 Å². The van der Waals surface area contributed by atoms with Gasteiger partial charge in [0.1, 0.15) is 5.75 Å². The minimum atomic E-state index is -0.500. The van der Waals surface area contributed by atoms with Crippen LogP contribution < -0.4 is 10.1 Å². The summed E-state index contributed by atoms with van der Waals surface area (Å²) < 4.78 is 10.2. The second kappa shape index (κ2) is 9.30. The third kappa shape index (κ3) is 5.93. The van der Waals surface area contributed by atoms with Crippen LogP contribution in [0.4, 0.5) is 0 Å². The molecule has 6 heteroatoms. The van der Waals surface area contributed by atoms with Crippen LogP contribution in [0.5, 0.6) is 5.75 Å². The van der Waals surface area contributed by atoms with E-state index >= 15 is 0 Å². The maximum absolute atomic E-state index is 11.8. The molecular formula is C16H22ClNO4. The molecule has 1 aromatic rings. The first-order valence-electron chi connectivity index (χ1n) is 7.27. The van der Waals surface area contributed by atoms with Gasteiger partial charge in [0, 0.05) is 16.6 Å². The summed E-state index contributed by atoms with van der Waals surface area (Å²) in [5.74, 6) is -0.233. The fourth-order valence-electron chi connectivity index (χ4n) is 2.00. The molecule has 0 heterocycles. The van der Waals surface area contributed by atoms with E-state index in [9.17, 15) is 9.59 Å². The molecule has 0 unspecified atom stereocenters. The Kier molecular flexibility index (Phi) is 7.74. The number of methoxy groups -OCH3 is 1. The maximum Gasteiger partial charge on any atom is 0.310 e. The number of rotatable bonds is 8. The Balaban J connectivity index is 2.50. The average molecular weight is 328 g/mol. The van der Waals surface area contributed by atoms with E-state index < -0.39 is 5.97 Å². The standard InChI is InChI=1S/C16H22ClNO4/c1-4-13(5-2)18-15(19)10-22-16(20)9-11-8-12(17)6-7-14(11)21-3/h6-8,13H,4-5,9-10H2,1-3H3,(H,18,19). The largest absolute Gasteiger partial charge is 0.496 e. The summed E-state index contributed by atoms with van der Waals surface area (Å²) >= 11 is 5.90. The van der Waals surface area contributed by atoms with Crippen LogP contribution in [0.3, 0.4) is 0 Å². The fraction of sp³-hybridized carbons (Fsp3) is 0.500. The zero-order chi connectivity index (χ0) is 16.5. The highest BCUT2D eigenvalue weighted by Gasteiger charge is 2.14. The summed E-state index contributed by atoms with van der Waals surface area (Å²) in [4.78, 5) is 23.5. The number of amides is 1. The number of carbonyl (C=O) groups is 2. The highest BCUT2D eigenvalue weighted by atomic mass is 35.5. The Bertz CT molecular complexity index is 515. The minimum Gasteiger partial charge on any atom is -0.496 e. The van der Waals surface area contributed by atoms with E-state index in [0.717, 1.165) is 12.8 Å². The zero-order valence-electron chi connectivity index (χ0n) is 13.1. The Morgan fingerprint density at radius 3 is 2.55 bits per heavy atom. The molecule has 0 aliphatic heterocycles. The van der Waals surface area contributed by atoms with E-state index in [0.29, 0.717) is 16.3 Å². The number of hydrogen-bond donors (Lipinski definition) is 1. The molecule has 5 nitrogen and oxygen atoms in total. The number of nitrogens with one attached hydrogen (secondary N) is 1. The number of benzene rings is 1. The van der Waals surface area contributed by atoms with Gasteiger partial charge in [0.2, 0.25) is 0 Å². The summed E-state index contributed by atoms with van der Waals surface area (Å²) in [5, 5.41) is 3.31. The van der Waals surface area contributed by atoms with Gasteiger partial charge in [0.15, 0.2) is 6.61 Å². The summed E-state index contributed by atoms with van der Waals surface area (Å²) in [6.07, 6.45) is 1.69. The third-order valence-electron chi connectivity index (χ3n) is 3.29. The monoisotopic (exact) mass is 327 g/mol. The molecule has 0 bridgehead atoms. The van der Waals surface area contributed by atoms with Crippen molar-refractivity contribution < 1.29 is 19.1 Å². The van der Waals surface area contributed by atoms with Crippen molar-refractivity contribution in [3.63, 3.8) is 0 Å². The number of carbonyl (C=O) groups excluding carboxylic acids is 2. The van der Waals surface area contributed by atoms with Crippen molar-refractivity contribution in [2.24, 2.45) is 0 Å². The lowest BCUT2D eigenvalue weighted by atomic mass is 10.1. The van der Waals surface area contributed by atoms with Gasteiger partial charge in [-0.25, -0.2) is 0 Å². The SMILES string of the molecule is CCC(CC)NC(=O)COC(=O)Cc1cc(Cl)ccc1OC. The smallest absolute Gasteiger partial charge is 0.310 e. The normalized spacial score (nSPS) is 10.4. The van der Waals surface area contributed by atoms with E-state index in [-0.39, 0.29) is 25.0 Å². The maximum atomic E-state index is 11.8. The summed E-state index contributed by atoms with van der Waals surface area (Å²) in [6.45, 7) is 3.70. The Morgan fingerprint density at radius 1 is 1.27 bits per heavy atom. The molecular weight excluding hydrogens is 306 g/mol. The molecule has 0 aliphatic rings. The Morgan fingerprint density at radius 2 is 1.95 bits per heavy atom. The lowest BCUT2D eigenvalue weighted by Crippen LogP contribution is -2.37. The van der Waals surface area contributed by atoms with Gasteiger partial charge in [0.05, 0.1) is 13.5 Å². The first-order chi connectivity index (χ1) is 10.5. The average Bonchev–Trinajstić information content (AvgIpc) is 2.51. The van der Waals surface area contributed by atoms with E-state index in [2.05, 4.69) is 5.32 Å². The number of ether oxygens (including phenoxy) is 2. The number of halogens is 1. The molecule has 22 heavy (non-hydrogen) atoms. The van der Waals surface area contributed by atoms with E-state index in [1.165, 1.54) is 7.11 Å². The van der Waals surface area contributed by atoms with Gasteiger partial charge < -0.3 is 14.8 Å². The van der Waals surface area contributed by atoms with E-state index in [4.69, 9.17) is 21.1 Å². The summed E-state index contributed by atoms with van der Waals surface area (Å²) in [5.41, 5.74) is 0.625. The zero-order valence-corrected chi connectivity index (χ0v) is 13.9. The van der Waals surface area contributed by atoms with Crippen LogP contribution in [0.2, 0.25) is 5.02 Å². The van der Waals surface area contributed by atoms with Crippen molar-refractivity contribution in [3.05, 3.63) is 28.8 Å². The fourth-order valence-corrected chi connectivity index (χ4v) is 2.19. The molecule has 0 saturated carbocycles. The number of hydrogen-bond acceptors (Lipinski definition) is 4. The van der Waals surface area contributed by atoms with E-state index in [1.54, 1.807) is 18.2 Å². The van der Waals surface area contributed by atoms with Gasteiger partial charge in [-0.15, -0.1) is 0 Å². The summed E-state index contributed by atoms with van der Waals surface area (Å²) in [6, 6.07) is 5.12. The van der Waals surface area contributed by atoms with Gasteiger partial charge >= 0.3 is 5.97 Å². The molecule has 122 valence electrons. The molecule has 0 spiro atoms. The van der Waals surface area contributed by atoms with Gasteiger partial charge in [-0.05, 0) is 31.0 Å². The van der Waals surface area contributed by atoms with E-state index in [1.807, 2.05) is 13.8 Å². The molecule has 0 aromatic heterocycles. The number of esters is 1. The highest BCUT2D eigenvalue weighted by Crippen LogP contribution is 2.23. The summed E-state index contributed by atoms with van der Waals surface area (Å²) in [7, 11) is 1.52. The predicted octanol–water partition coefficient (Wildman–Crippen LogP) is 2.74. The molecule has 1 aromatic carbocycles. The molecule has 0 atom stereocenters. The topological polar surface area (TPSA) is 64.6 Å². The molecule has 0 aliphatic carbocycles. The second-order valence-electron chi connectivity index (χ2n) is 4.87. The van der Waals surface area contributed by atoms with Crippen LogP contribution in [0.25, 0.3) is 0 Å². The van der Waals surface area contributed by atoms with Gasteiger partial charge in [-0.3, -0.25) is 9.59 Å². The quantitative estimate of drug-likeness (QED) is 0.746. The van der Waals surface area contributed by atoms with Crippen molar-refractivity contribution in [1.82, 2.24) is 5.32 Å². The van der Waals surface area contributed by atoms with Crippen LogP contribution in [0.1, 0.15) is 32.3 Å². The van der Waals surface area contributed by atoms with Crippen molar-refractivity contribution in [3.8, 4) is 5.75 Å². The van der Waals surface area contributed by atoms with Crippen LogP contribution in [0, 0.1) is 0 Å². The van der Waals surface area contributed by atoms with Crippen LogP contribution in [-0.2, 0) is 20.7 Å². The third-order valence-corrected chi connectivity index (χ3v) is 3.53. The molecule has 0 saturated heterocycles. The van der Waals surface area contributed by atoms with Gasteiger partial charge in [-0.1, -0.05) is 25.4 Å². The van der Waals surface area contributed by atoms with Gasteiger partial charge in [-0.2, -0.15) is 0 Å². The van der Waals surface area contributed by atoms with Crippen LogP contribution in [0.15, 0.2) is 18.2 Å². The first kappa shape index (κ1) is 18.3. The van der Waals surface area contributed by atoms with Crippen molar-refractivity contribution in [2.45, 2.75) is 39.2 Å². The second-order valence-corrected chi connectivity index (χ2v) is 5.31. The molecule has 1 N–H and O–H groups in total. The van der Waals surface area contributed by atoms with Crippen LogP contribution in [-0.4, -0.2) is 31.6 Å². The molecule has 0 fully saturated rings. The predicted molar refractivity (Wildman–Crippen MR) is 85.2 cm³/mol. The highest BCUT2D eigenvalue weighted by molar-refractivity contribution is 6.30. The van der Waals surface area contributed by atoms with Crippen molar-refractivity contribution in [1.29, 1.82) is 0 Å². The minimum absolute atomic E-state index is 0.00198. The Labute approximate surface area is 135 Å². The van der Waals surface area contributed by atoms with Crippen LogP contribution >= 0.6 is 11.6 Å². The molecule has 0 radical (unpaired) electrons. The Hall–Kier alpha value is -1.75. The molecule has 1 amide bonds. The lowest BCUT2D eigenvalue weighted by molar-refractivity contribution is -0.148. The lowest BCUT2D eigenvalue weighted by Gasteiger charge is -2.14.